The molecule has 9 heteroatoms. The summed E-state index contributed by atoms with van der Waals surface area (Å²) in [6, 6.07) is 7.39. The lowest BCUT2D eigenvalue weighted by Crippen LogP contribution is -2.52. The van der Waals surface area contributed by atoms with Crippen LogP contribution in [0.2, 0.25) is 0 Å². The van der Waals surface area contributed by atoms with Crippen molar-refractivity contribution in [2.75, 3.05) is 39.9 Å². The van der Waals surface area contributed by atoms with E-state index in [1.165, 1.54) is 0 Å². The van der Waals surface area contributed by atoms with Gasteiger partial charge in [0.15, 0.2) is 0 Å². The van der Waals surface area contributed by atoms with E-state index in [0.29, 0.717) is 19.7 Å². The molecule has 1 aromatic rings. The average Bonchev–Trinajstić information content (AvgIpc) is 2.54. The molecule has 2 rings (SSSR count). The summed E-state index contributed by atoms with van der Waals surface area (Å²) in [5.41, 5.74) is 0.942. The Hall–Kier alpha value is -1.68. The number of nitrogens with two attached hydrogens (primary N) is 1. The monoisotopic (exact) mass is 343 g/mol. The maximum absolute atomic E-state index is 12.0. The largest absolute Gasteiger partial charge is 0.497 e. The number of rotatable bonds is 6. The lowest BCUT2D eigenvalue weighted by molar-refractivity contribution is -0.137. The van der Waals surface area contributed by atoms with Crippen molar-refractivity contribution >= 4 is 16.1 Å². The predicted molar refractivity (Wildman–Crippen MR) is 83.9 cm³/mol. The molecule has 0 atom stereocenters. The standard InChI is InChI=1S/C14H21N3O5S/c1-21-13-4-2-12(3-5-13)10-22-11-14(18)16-6-8-17(9-7-16)23(15,19)20/h2-5H,6-11H2,1H3,(H2,15,19,20). The van der Waals surface area contributed by atoms with Crippen molar-refractivity contribution in [2.24, 2.45) is 5.14 Å². The third-order valence-electron chi connectivity index (χ3n) is 3.60. The van der Waals surface area contributed by atoms with Gasteiger partial charge in [0.05, 0.1) is 13.7 Å². The van der Waals surface area contributed by atoms with E-state index in [1.807, 2.05) is 24.3 Å². The first-order chi connectivity index (χ1) is 10.9. The zero-order valence-corrected chi connectivity index (χ0v) is 13.8. The van der Waals surface area contributed by atoms with Gasteiger partial charge in [-0.2, -0.15) is 12.7 Å². The summed E-state index contributed by atoms with van der Waals surface area (Å²) in [4.78, 5) is 13.6. The second kappa shape index (κ2) is 7.73. The number of hydrogen-bond acceptors (Lipinski definition) is 5. The number of methoxy groups -OCH3 is 1. The number of carbonyl (C=O) groups is 1. The third kappa shape index (κ3) is 5.17. The maximum Gasteiger partial charge on any atom is 0.277 e. The molecule has 1 aromatic carbocycles. The van der Waals surface area contributed by atoms with Crippen LogP contribution in [0.15, 0.2) is 24.3 Å². The van der Waals surface area contributed by atoms with Crippen LogP contribution in [0.4, 0.5) is 0 Å². The zero-order chi connectivity index (χ0) is 16.9. The molecule has 0 aromatic heterocycles. The van der Waals surface area contributed by atoms with Crippen molar-refractivity contribution in [3.05, 3.63) is 29.8 Å². The Morgan fingerprint density at radius 3 is 2.30 bits per heavy atom. The fraction of sp³-hybridized carbons (Fsp3) is 0.500. The van der Waals surface area contributed by atoms with Gasteiger partial charge in [0, 0.05) is 26.2 Å². The number of benzene rings is 1. The summed E-state index contributed by atoms with van der Waals surface area (Å²) in [5.74, 6) is 0.602. The molecule has 23 heavy (non-hydrogen) atoms. The normalized spacial score (nSPS) is 16.3. The van der Waals surface area contributed by atoms with E-state index in [4.69, 9.17) is 14.6 Å². The van der Waals surface area contributed by atoms with Crippen LogP contribution < -0.4 is 9.88 Å². The minimum absolute atomic E-state index is 0.0403. The van der Waals surface area contributed by atoms with Crippen LogP contribution in [0, 0.1) is 0 Å². The minimum Gasteiger partial charge on any atom is -0.497 e. The van der Waals surface area contributed by atoms with Crippen LogP contribution >= 0.6 is 0 Å². The van der Waals surface area contributed by atoms with Gasteiger partial charge in [-0.15, -0.1) is 0 Å². The summed E-state index contributed by atoms with van der Waals surface area (Å²) in [7, 11) is -2.08. The molecule has 1 saturated heterocycles. The molecule has 0 radical (unpaired) electrons. The van der Waals surface area contributed by atoms with Crippen molar-refractivity contribution in [1.82, 2.24) is 9.21 Å². The second-order valence-corrected chi connectivity index (χ2v) is 6.71. The molecule has 1 aliphatic rings. The van der Waals surface area contributed by atoms with E-state index in [-0.39, 0.29) is 25.6 Å². The summed E-state index contributed by atoms with van der Waals surface area (Å²) in [5, 5.41) is 5.06. The molecule has 0 aliphatic carbocycles. The number of nitrogens with zero attached hydrogens (tertiary/aromatic N) is 2. The van der Waals surface area contributed by atoms with Gasteiger partial charge in [0.2, 0.25) is 5.91 Å². The molecular formula is C14H21N3O5S. The highest BCUT2D eigenvalue weighted by Gasteiger charge is 2.26. The molecule has 1 amide bonds. The molecule has 0 bridgehead atoms. The van der Waals surface area contributed by atoms with Crippen molar-refractivity contribution in [1.29, 1.82) is 0 Å². The van der Waals surface area contributed by atoms with Gasteiger partial charge >= 0.3 is 0 Å². The van der Waals surface area contributed by atoms with Gasteiger partial charge in [0.1, 0.15) is 12.4 Å². The minimum atomic E-state index is -3.68. The molecule has 8 nitrogen and oxygen atoms in total. The molecule has 0 spiro atoms. The lowest BCUT2D eigenvalue weighted by Gasteiger charge is -2.32. The van der Waals surface area contributed by atoms with Gasteiger partial charge in [-0.3, -0.25) is 4.79 Å². The van der Waals surface area contributed by atoms with E-state index < -0.39 is 10.2 Å². The maximum atomic E-state index is 12.0. The van der Waals surface area contributed by atoms with Crippen molar-refractivity contribution in [2.45, 2.75) is 6.61 Å². The Morgan fingerprint density at radius 2 is 1.78 bits per heavy atom. The average molecular weight is 343 g/mol. The Bertz CT molecular complexity index is 624. The topological polar surface area (TPSA) is 102 Å². The SMILES string of the molecule is COc1ccc(COCC(=O)N2CCN(S(N)(=O)=O)CC2)cc1. The molecule has 0 unspecified atom stereocenters. The molecule has 1 aliphatic heterocycles. The van der Waals surface area contributed by atoms with Gasteiger partial charge in [-0.1, -0.05) is 12.1 Å². The number of ether oxygens (including phenoxy) is 2. The fourth-order valence-electron chi connectivity index (χ4n) is 2.26. The Labute approximate surface area is 135 Å². The van der Waals surface area contributed by atoms with E-state index in [0.717, 1.165) is 15.6 Å². The molecule has 0 saturated carbocycles. The van der Waals surface area contributed by atoms with E-state index in [1.54, 1.807) is 12.0 Å². The van der Waals surface area contributed by atoms with Gasteiger partial charge in [-0.05, 0) is 17.7 Å². The molecule has 2 N–H and O–H groups in total. The van der Waals surface area contributed by atoms with Gasteiger partial charge < -0.3 is 14.4 Å². The van der Waals surface area contributed by atoms with Crippen molar-refractivity contribution < 1.29 is 22.7 Å². The molecule has 128 valence electrons. The quantitative estimate of drug-likeness (QED) is 0.754. The van der Waals surface area contributed by atoms with Crippen LogP contribution in [-0.2, 0) is 26.3 Å². The first-order valence-corrected chi connectivity index (χ1v) is 8.67. The Kier molecular flexibility index (Phi) is 5.94. The molecule has 1 heterocycles. The van der Waals surface area contributed by atoms with E-state index in [2.05, 4.69) is 0 Å². The predicted octanol–water partition coefficient (Wildman–Crippen LogP) is -0.440. The highest BCUT2D eigenvalue weighted by molar-refractivity contribution is 7.86. The van der Waals surface area contributed by atoms with Crippen molar-refractivity contribution in [3.63, 3.8) is 0 Å². The van der Waals surface area contributed by atoms with Crippen LogP contribution in [0.3, 0.4) is 0 Å². The Morgan fingerprint density at radius 1 is 1.17 bits per heavy atom. The van der Waals surface area contributed by atoms with Gasteiger partial charge in [-0.25, -0.2) is 5.14 Å². The second-order valence-electron chi connectivity index (χ2n) is 5.17. The first kappa shape index (κ1) is 17.7. The van der Waals surface area contributed by atoms with Crippen LogP contribution in [0.25, 0.3) is 0 Å². The fourth-order valence-corrected chi connectivity index (χ4v) is 2.93. The Balaban J connectivity index is 1.73. The van der Waals surface area contributed by atoms with Crippen LogP contribution in [0.1, 0.15) is 5.56 Å². The van der Waals surface area contributed by atoms with Crippen molar-refractivity contribution in [3.8, 4) is 5.75 Å². The first-order valence-electron chi connectivity index (χ1n) is 7.16. The number of piperazine rings is 1. The number of hydrogen-bond donors (Lipinski definition) is 1. The number of amides is 1. The third-order valence-corrected chi connectivity index (χ3v) is 4.69. The number of carbonyl (C=O) groups excluding carboxylic acids is 1. The zero-order valence-electron chi connectivity index (χ0n) is 13.0. The highest BCUT2D eigenvalue weighted by atomic mass is 32.2. The highest BCUT2D eigenvalue weighted by Crippen LogP contribution is 2.12. The van der Waals surface area contributed by atoms with E-state index >= 15 is 0 Å². The van der Waals surface area contributed by atoms with Gasteiger partial charge in [0.25, 0.3) is 10.2 Å². The summed E-state index contributed by atoms with van der Waals surface area (Å²) >= 11 is 0. The van der Waals surface area contributed by atoms with E-state index in [9.17, 15) is 13.2 Å². The molecular weight excluding hydrogens is 322 g/mol. The smallest absolute Gasteiger partial charge is 0.277 e. The summed E-state index contributed by atoms with van der Waals surface area (Å²) < 4.78 is 34.1. The molecule has 1 fully saturated rings. The summed E-state index contributed by atoms with van der Waals surface area (Å²) in [6.07, 6.45) is 0. The van der Waals surface area contributed by atoms with Crippen LogP contribution in [-0.4, -0.2) is 63.4 Å². The summed E-state index contributed by atoms with van der Waals surface area (Å²) in [6.45, 7) is 1.35. The van der Waals surface area contributed by atoms with Crippen LogP contribution in [0.5, 0.6) is 5.75 Å². The lowest BCUT2D eigenvalue weighted by atomic mass is 10.2.